The van der Waals surface area contributed by atoms with Gasteiger partial charge in [0.05, 0.1) is 10.6 Å². The van der Waals surface area contributed by atoms with Gasteiger partial charge in [-0.15, -0.1) is 11.3 Å². The molecule has 1 saturated heterocycles. The average molecular weight is 302 g/mol. The zero-order valence-electron chi connectivity index (χ0n) is 12.0. The molecule has 1 fully saturated rings. The van der Waals surface area contributed by atoms with Gasteiger partial charge >= 0.3 is 0 Å². The summed E-state index contributed by atoms with van der Waals surface area (Å²) in [5, 5.41) is 5.89. The number of pyridine rings is 1. The minimum Gasteiger partial charge on any atom is -0.357 e. The molecule has 2 aromatic heterocycles. The second kappa shape index (κ2) is 6.22. The molecule has 1 N–H and O–H groups in total. The maximum atomic E-state index is 11.5. The molecule has 0 bridgehead atoms. The topological polar surface area (TPSA) is 58.1 Å². The summed E-state index contributed by atoms with van der Waals surface area (Å²) >= 11 is 1.74. The highest BCUT2D eigenvalue weighted by Gasteiger charge is 2.23. The Labute approximate surface area is 128 Å². The van der Waals surface area contributed by atoms with Crippen LogP contribution in [0.15, 0.2) is 29.9 Å². The Kier molecular flexibility index (Phi) is 4.15. The van der Waals surface area contributed by atoms with Crippen LogP contribution in [0.5, 0.6) is 0 Å². The number of amides is 1. The summed E-state index contributed by atoms with van der Waals surface area (Å²) in [7, 11) is 1.62. The predicted octanol–water partition coefficient (Wildman–Crippen LogP) is 2.28. The van der Waals surface area contributed by atoms with E-state index in [9.17, 15) is 4.79 Å². The number of thiazole rings is 1. The summed E-state index contributed by atoms with van der Waals surface area (Å²) in [5.74, 6) is 1.42. The van der Waals surface area contributed by atoms with Crippen LogP contribution in [-0.4, -0.2) is 36.0 Å². The fraction of sp³-hybridized carbons (Fsp3) is 0.400. The van der Waals surface area contributed by atoms with Crippen LogP contribution in [0.4, 0.5) is 5.82 Å². The molecule has 3 heterocycles. The van der Waals surface area contributed by atoms with Crippen LogP contribution in [0.1, 0.15) is 34.1 Å². The number of piperidine rings is 1. The molecule has 0 unspecified atom stereocenters. The van der Waals surface area contributed by atoms with E-state index in [1.165, 1.54) is 5.01 Å². The second-order valence-corrected chi connectivity index (χ2v) is 6.04. The number of hydrogen-bond donors (Lipinski definition) is 1. The van der Waals surface area contributed by atoms with Gasteiger partial charge in [0, 0.05) is 43.8 Å². The van der Waals surface area contributed by atoms with Gasteiger partial charge in [0.25, 0.3) is 5.91 Å². The number of aromatic nitrogens is 2. The Bertz CT molecular complexity index is 589. The van der Waals surface area contributed by atoms with Crippen LogP contribution in [-0.2, 0) is 0 Å². The fourth-order valence-corrected chi connectivity index (χ4v) is 3.45. The number of rotatable bonds is 3. The van der Waals surface area contributed by atoms with Crippen molar-refractivity contribution >= 4 is 23.1 Å². The van der Waals surface area contributed by atoms with E-state index in [0.29, 0.717) is 11.5 Å². The Morgan fingerprint density at radius 1 is 1.33 bits per heavy atom. The van der Waals surface area contributed by atoms with Gasteiger partial charge < -0.3 is 10.2 Å². The lowest BCUT2D eigenvalue weighted by Crippen LogP contribution is -2.33. The molecule has 110 valence electrons. The molecule has 2 aromatic rings. The Morgan fingerprint density at radius 2 is 2.14 bits per heavy atom. The zero-order valence-corrected chi connectivity index (χ0v) is 12.8. The van der Waals surface area contributed by atoms with Crippen LogP contribution in [0.25, 0.3) is 0 Å². The number of nitrogens with zero attached hydrogens (tertiary/aromatic N) is 3. The van der Waals surface area contributed by atoms with Gasteiger partial charge in [-0.2, -0.15) is 0 Å². The molecule has 1 amide bonds. The number of carbonyl (C=O) groups excluding carboxylic acids is 1. The quantitative estimate of drug-likeness (QED) is 0.945. The molecule has 1 aliphatic heterocycles. The van der Waals surface area contributed by atoms with E-state index < -0.39 is 0 Å². The molecular weight excluding hydrogens is 284 g/mol. The van der Waals surface area contributed by atoms with Gasteiger partial charge in [0.2, 0.25) is 0 Å². The van der Waals surface area contributed by atoms with Gasteiger partial charge in [-0.1, -0.05) is 0 Å². The first kappa shape index (κ1) is 14.0. The predicted molar refractivity (Wildman–Crippen MR) is 83.9 cm³/mol. The van der Waals surface area contributed by atoms with Crippen LogP contribution in [0.2, 0.25) is 0 Å². The first-order valence-corrected chi connectivity index (χ1v) is 7.98. The molecule has 3 rings (SSSR count). The number of anilines is 1. The molecule has 0 saturated carbocycles. The largest absolute Gasteiger partial charge is 0.357 e. The molecule has 0 aliphatic carbocycles. The second-order valence-electron chi connectivity index (χ2n) is 5.12. The highest BCUT2D eigenvalue weighted by atomic mass is 32.1. The monoisotopic (exact) mass is 302 g/mol. The van der Waals surface area contributed by atoms with Crippen LogP contribution in [0.3, 0.4) is 0 Å². The summed E-state index contributed by atoms with van der Waals surface area (Å²) in [6.45, 7) is 1.97. The summed E-state index contributed by atoms with van der Waals surface area (Å²) in [6.07, 6.45) is 5.73. The van der Waals surface area contributed by atoms with Gasteiger partial charge in [-0.3, -0.25) is 4.79 Å². The minimum absolute atomic E-state index is 0.100. The summed E-state index contributed by atoms with van der Waals surface area (Å²) in [6, 6.07) is 3.75. The molecule has 21 heavy (non-hydrogen) atoms. The van der Waals surface area contributed by atoms with Crippen molar-refractivity contribution in [1.82, 2.24) is 15.3 Å². The van der Waals surface area contributed by atoms with Crippen molar-refractivity contribution in [2.45, 2.75) is 18.8 Å². The lowest BCUT2D eigenvalue weighted by molar-refractivity contribution is 0.0963. The smallest absolute Gasteiger partial charge is 0.252 e. The maximum absolute atomic E-state index is 11.5. The van der Waals surface area contributed by atoms with Crippen molar-refractivity contribution in [2.24, 2.45) is 0 Å². The highest BCUT2D eigenvalue weighted by molar-refractivity contribution is 7.09. The summed E-state index contributed by atoms with van der Waals surface area (Å²) < 4.78 is 0. The van der Waals surface area contributed by atoms with Crippen LogP contribution < -0.4 is 10.2 Å². The number of carbonyl (C=O) groups is 1. The molecule has 6 heteroatoms. The minimum atomic E-state index is -0.100. The highest BCUT2D eigenvalue weighted by Crippen LogP contribution is 2.30. The van der Waals surface area contributed by atoms with E-state index >= 15 is 0 Å². The van der Waals surface area contributed by atoms with E-state index in [0.717, 1.165) is 31.7 Å². The van der Waals surface area contributed by atoms with Crippen molar-refractivity contribution in [3.05, 3.63) is 40.5 Å². The van der Waals surface area contributed by atoms with Crippen molar-refractivity contribution in [1.29, 1.82) is 0 Å². The lowest BCUT2D eigenvalue weighted by atomic mass is 9.97. The van der Waals surface area contributed by atoms with Crippen molar-refractivity contribution < 1.29 is 4.79 Å². The Morgan fingerprint density at radius 3 is 2.71 bits per heavy atom. The molecule has 0 aromatic carbocycles. The van der Waals surface area contributed by atoms with Crippen molar-refractivity contribution in [3.8, 4) is 0 Å². The fourth-order valence-electron chi connectivity index (χ4n) is 2.64. The van der Waals surface area contributed by atoms with Crippen molar-refractivity contribution in [2.75, 3.05) is 25.0 Å². The lowest BCUT2D eigenvalue weighted by Gasteiger charge is -2.32. The zero-order chi connectivity index (χ0) is 14.7. The molecule has 1 aliphatic rings. The van der Waals surface area contributed by atoms with E-state index in [1.54, 1.807) is 24.6 Å². The van der Waals surface area contributed by atoms with Crippen LogP contribution >= 0.6 is 11.3 Å². The van der Waals surface area contributed by atoms with E-state index in [-0.39, 0.29) is 5.91 Å². The standard InChI is InChI=1S/C15H18N4OS/c1-16-14(20)12-2-3-13(18-10-12)19-7-4-11(5-8-19)15-17-6-9-21-15/h2-3,6,9-11H,4-5,7-8H2,1H3,(H,16,20). The first-order chi connectivity index (χ1) is 10.3. The average Bonchev–Trinajstić information content (AvgIpc) is 3.09. The van der Waals surface area contributed by atoms with E-state index in [1.807, 2.05) is 23.7 Å². The SMILES string of the molecule is CNC(=O)c1ccc(N2CCC(c3nccs3)CC2)nc1. The number of nitrogens with one attached hydrogen (secondary N) is 1. The third kappa shape index (κ3) is 3.05. The molecule has 0 radical (unpaired) electrons. The summed E-state index contributed by atoms with van der Waals surface area (Å²) in [5.41, 5.74) is 0.596. The van der Waals surface area contributed by atoms with Crippen molar-refractivity contribution in [3.63, 3.8) is 0 Å². The molecular formula is C15H18N4OS. The normalized spacial score (nSPS) is 16.0. The third-order valence-corrected chi connectivity index (χ3v) is 4.79. The molecule has 5 nitrogen and oxygen atoms in total. The number of hydrogen-bond acceptors (Lipinski definition) is 5. The van der Waals surface area contributed by atoms with Gasteiger partial charge in [-0.25, -0.2) is 9.97 Å². The third-order valence-electron chi connectivity index (χ3n) is 3.86. The van der Waals surface area contributed by atoms with E-state index in [2.05, 4.69) is 20.2 Å². The van der Waals surface area contributed by atoms with Gasteiger partial charge in [-0.05, 0) is 25.0 Å². The van der Waals surface area contributed by atoms with E-state index in [4.69, 9.17) is 0 Å². The molecule has 0 spiro atoms. The Balaban J connectivity index is 1.63. The molecule has 0 atom stereocenters. The van der Waals surface area contributed by atoms with Crippen LogP contribution in [0, 0.1) is 0 Å². The Hall–Kier alpha value is -1.95. The first-order valence-electron chi connectivity index (χ1n) is 7.10. The summed E-state index contributed by atoms with van der Waals surface area (Å²) in [4.78, 5) is 22.6. The van der Waals surface area contributed by atoms with Gasteiger partial charge in [0.15, 0.2) is 0 Å². The van der Waals surface area contributed by atoms with Gasteiger partial charge in [0.1, 0.15) is 5.82 Å². The maximum Gasteiger partial charge on any atom is 0.252 e.